The normalized spacial score (nSPS) is 11.0. The molecule has 1 aromatic heterocycles. The van der Waals surface area contributed by atoms with Crippen molar-refractivity contribution in [1.29, 1.82) is 5.26 Å². The van der Waals surface area contributed by atoms with Crippen LogP contribution in [0.3, 0.4) is 0 Å². The Morgan fingerprint density at radius 2 is 2.05 bits per heavy atom. The van der Waals surface area contributed by atoms with Crippen LogP contribution in [0.25, 0.3) is 0 Å². The summed E-state index contributed by atoms with van der Waals surface area (Å²) in [5.74, 6) is -0.837. The number of carbonyl (C=O) groups is 1. The molecule has 0 aliphatic carbocycles. The molecule has 108 valence electrons. The number of halogens is 3. The lowest BCUT2D eigenvalue weighted by Crippen LogP contribution is -2.17. The number of para-hydroxylation sites is 1. The highest BCUT2D eigenvalue weighted by atomic mass is 19.4. The molecule has 0 saturated carbocycles. The van der Waals surface area contributed by atoms with E-state index in [9.17, 15) is 18.0 Å². The van der Waals surface area contributed by atoms with E-state index in [2.05, 4.69) is 15.0 Å². The third kappa shape index (κ3) is 2.86. The molecule has 0 bridgehead atoms. The van der Waals surface area contributed by atoms with Crippen molar-refractivity contribution in [3.63, 3.8) is 0 Å². The maximum Gasteiger partial charge on any atom is 0.418 e. The van der Waals surface area contributed by atoms with Gasteiger partial charge in [-0.2, -0.15) is 18.4 Å². The van der Waals surface area contributed by atoms with Crippen molar-refractivity contribution < 1.29 is 22.5 Å². The van der Waals surface area contributed by atoms with Crippen molar-refractivity contribution >= 4 is 11.6 Å². The molecular formula is C13H8F3N3O2. The van der Waals surface area contributed by atoms with Gasteiger partial charge < -0.3 is 9.84 Å². The van der Waals surface area contributed by atoms with Crippen LogP contribution in [0, 0.1) is 18.3 Å². The number of amides is 1. The Balaban J connectivity index is 2.38. The fourth-order valence-corrected chi connectivity index (χ4v) is 1.74. The zero-order chi connectivity index (χ0) is 15.6. The maximum absolute atomic E-state index is 12.8. The van der Waals surface area contributed by atoms with Gasteiger partial charge >= 0.3 is 6.18 Å². The third-order valence-electron chi connectivity index (χ3n) is 2.68. The number of alkyl halides is 3. The first kappa shape index (κ1) is 14.6. The SMILES string of the molecule is Cc1onc(C#N)c1C(=O)Nc1ccccc1C(F)(F)F. The molecule has 0 radical (unpaired) electrons. The minimum Gasteiger partial charge on any atom is -0.359 e. The number of anilines is 1. The number of nitrogens with zero attached hydrogens (tertiary/aromatic N) is 2. The minimum atomic E-state index is -4.61. The topological polar surface area (TPSA) is 78.9 Å². The average molecular weight is 295 g/mol. The molecule has 1 N–H and O–H groups in total. The van der Waals surface area contributed by atoms with Crippen LogP contribution >= 0.6 is 0 Å². The van der Waals surface area contributed by atoms with Crippen molar-refractivity contribution in [2.75, 3.05) is 5.32 Å². The molecule has 0 aliphatic rings. The van der Waals surface area contributed by atoms with Gasteiger partial charge in [0, 0.05) is 0 Å². The summed E-state index contributed by atoms with van der Waals surface area (Å²) in [6.07, 6.45) is -4.61. The van der Waals surface area contributed by atoms with Crippen molar-refractivity contribution in [3.05, 3.63) is 46.8 Å². The molecule has 0 spiro atoms. The molecule has 0 fully saturated rings. The first-order valence-corrected chi connectivity index (χ1v) is 5.68. The van der Waals surface area contributed by atoms with Crippen molar-refractivity contribution in [2.45, 2.75) is 13.1 Å². The molecular weight excluding hydrogens is 287 g/mol. The van der Waals surface area contributed by atoms with Crippen LogP contribution in [-0.4, -0.2) is 11.1 Å². The monoisotopic (exact) mass is 295 g/mol. The molecule has 1 amide bonds. The zero-order valence-electron chi connectivity index (χ0n) is 10.7. The highest BCUT2D eigenvalue weighted by molar-refractivity contribution is 6.06. The Hall–Kier alpha value is -2.82. The van der Waals surface area contributed by atoms with Crippen LogP contribution in [0.4, 0.5) is 18.9 Å². The number of aromatic nitrogens is 1. The predicted molar refractivity (Wildman–Crippen MR) is 65.4 cm³/mol. The van der Waals surface area contributed by atoms with Crippen LogP contribution < -0.4 is 5.32 Å². The smallest absolute Gasteiger partial charge is 0.359 e. The van der Waals surface area contributed by atoms with Crippen molar-refractivity contribution in [3.8, 4) is 6.07 Å². The summed E-state index contributed by atoms with van der Waals surface area (Å²) in [6.45, 7) is 1.39. The number of nitriles is 1. The molecule has 5 nitrogen and oxygen atoms in total. The standard InChI is InChI=1S/C13H8F3N3O2/c1-7-11(10(6-17)19-21-7)12(20)18-9-5-3-2-4-8(9)13(14,15)16/h2-5H,1H3,(H,18,20). The first-order valence-electron chi connectivity index (χ1n) is 5.68. The van der Waals surface area contributed by atoms with Crippen LogP contribution in [0.15, 0.2) is 28.8 Å². The third-order valence-corrected chi connectivity index (χ3v) is 2.68. The second kappa shape index (κ2) is 5.28. The molecule has 1 aromatic carbocycles. The Labute approximate surface area is 117 Å². The lowest BCUT2D eigenvalue weighted by atomic mass is 10.1. The number of nitrogens with one attached hydrogen (secondary N) is 1. The summed E-state index contributed by atoms with van der Waals surface area (Å²) in [5.41, 5.74) is -1.85. The van der Waals surface area contributed by atoms with Crippen LogP contribution in [-0.2, 0) is 6.18 Å². The van der Waals surface area contributed by atoms with Gasteiger partial charge in [-0.05, 0) is 19.1 Å². The first-order chi connectivity index (χ1) is 9.84. The highest BCUT2D eigenvalue weighted by Crippen LogP contribution is 2.34. The maximum atomic E-state index is 12.8. The van der Waals surface area contributed by atoms with Gasteiger partial charge in [0.2, 0.25) is 0 Å². The van der Waals surface area contributed by atoms with E-state index in [0.717, 1.165) is 12.1 Å². The zero-order valence-corrected chi connectivity index (χ0v) is 10.7. The quantitative estimate of drug-likeness (QED) is 0.923. The van der Waals surface area contributed by atoms with Gasteiger partial charge in [-0.1, -0.05) is 17.3 Å². The van der Waals surface area contributed by atoms with Crippen LogP contribution in [0.5, 0.6) is 0 Å². The molecule has 8 heteroatoms. The van der Waals surface area contributed by atoms with E-state index in [1.807, 2.05) is 0 Å². The number of carbonyl (C=O) groups excluding carboxylic acids is 1. The fourth-order valence-electron chi connectivity index (χ4n) is 1.74. The second-order valence-corrected chi connectivity index (χ2v) is 4.07. The number of hydrogen-bond donors (Lipinski definition) is 1. The summed E-state index contributed by atoms with van der Waals surface area (Å²) in [6, 6.07) is 6.18. The van der Waals surface area contributed by atoms with Gasteiger partial charge in [0.05, 0.1) is 11.3 Å². The summed E-state index contributed by atoms with van der Waals surface area (Å²) < 4.78 is 43.2. The van der Waals surface area contributed by atoms with E-state index in [-0.39, 0.29) is 17.0 Å². The lowest BCUT2D eigenvalue weighted by molar-refractivity contribution is -0.136. The average Bonchev–Trinajstić information content (AvgIpc) is 2.79. The highest BCUT2D eigenvalue weighted by Gasteiger charge is 2.34. The molecule has 2 rings (SSSR count). The van der Waals surface area contributed by atoms with E-state index >= 15 is 0 Å². The number of rotatable bonds is 2. The van der Waals surface area contributed by atoms with Crippen molar-refractivity contribution in [1.82, 2.24) is 5.16 Å². The number of benzene rings is 1. The Kier molecular flexibility index (Phi) is 3.67. The molecule has 0 atom stereocenters. The van der Waals surface area contributed by atoms with Gasteiger partial charge in [0.1, 0.15) is 17.4 Å². The summed E-state index contributed by atoms with van der Waals surface area (Å²) >= 11 is 0. The second-order valence-electron chi connectivity index (χ2n) is 4.07. The summed E-state index contributed by atoms with van der Waals surface area (Å²) in [4.78, 5) is 12.0. The van der Waals surface area contributed by atoms with Gasteiger partial charge in [0.25, 0.3) is 5.91 Å². The Morgan fingerprint density at radius 1 is 1.38 bits per heavy atom. The molecule has 2 aromatic rings. The molecule has 21 heavy (non-hydrogen) atoms. The Bertz CT molecular complexity index is 729. The van der Waals surface area contributed by atoms with Crippen LogP contribution in [0.2, 0.25) is 0 Å². The van der Waals surface area contributed by atoms with E-state index in [1.54, 1.807) is 6.07 Å². The van der Waals surface area contributed by atoms with Gasteiger partial charge in [-0.15, -0.1) is 0 Å². The van der Waals surface area contributed by atoms with Crippen molar-refractivity contribution in [2.24, 2.45) is 0 Å². The lowest BCUT2D eigenvalue weighted by Gasteiger charge is -2.13. The molecule has 0 aliphatic heterocycles. The van der Waals surface area contributed by atoms with E-state index < -0.39 is 23.3 Å². The number of aryl methyl sites for hydroxylation is 1. The fraction of sp³-hybridized carbons (Fsp3) is 0.154. The van der Waals surface area contributed by atoms with E-state index in [0.29, 0.717) is 0 Å². The summed E-state index contributed by atoms with van der Waals surface area (Å²) in [5, 5.41) is 14.3. The van der Waals surface area contributed by atoms with Gasteiger partial charge in [-0.3, -0.25) is 4.79 Å². The van der Waals surface area contributed by atoms with E-state index in [4.69, 9.17) is 5.26 Å². The summed E-state index contributed by atoms with van der Waals surface area (Å²) in [7, 11) is 0. The largest absolute Gasteiger partial charge is 0.418 e. The predicted octanol–water partition coefficient (Wildman–Crippen LogP) is 3.13. The Morgan fingerprint density at radius 3 is 2.67 bits per heavy atom. The molecule has 0 saturated heterocycles. The van der Waals surface area contributed by atoms with Crippen LogP contribution in [0.1, 0.15) is 27.4 Å². The molecule has 1 heterocycles. The minimum absolute atomic E-state index is 0.0496. The van der Waals surface area contributed by atoms with Gasteiger partial charge in [0.15, 0.2) is 5.69 Å². The van der Waals surface area contributed by atoms with Gasteiger partial charge in [-0.25, -0.2) is 0 Å². The van der Waals surface area contributed by atoms with E-state index in [1.165, 1.54) is 19.1 Å². The molecule has 0 unspecified atom stereocenters. The number of hydrogen-bond acceptors (Lipinski definition) is 4.